The minimum absolute atomic E-state index is 0.0692. The Morgan fingerprint density at radius 1 is 1.14 bits per heavy atom. The summed E-state index contributed by atoms with van der Waals surface area (Å²) in [4.78, 5) is 12.6. The molecule has 9 heteroatoms. The lowest BCUT2D eigenvalue weighted by Gasteiger charge is -2.18. The van der Waals surface area contributed by atoms with Crippen LogP contribution < -0.4 is 13.8 Å². The van der Waals surface area contributed by atoms with Crippen LogP contribution in [0.1, 0.15) is 5.56 Å². The summed E-state index contributed by atoms with van der Waals surface area (Å²) in [6, 6.07) is 13.6. The molecule has 2 aliphatic heterocycles. The molecule has 0 radical (unpaired) electrons. The summed E-state index contributed by atoms with van der Waals surface area (Å²) >= 11 is 6.13. The summed E-state index contributed by atoms with van der Waals surface area (Å²) in [7, 11) is -3.82. The number of carbonyl (C=O) groups excluding carboxylic acids is 1. The van der Waals surface area contributed by atoms with Crippen LogP contribution in [0.15, 0.2) is 53.4 Å². The van der Waals surface area contributed by atoms with Gasteiger partial charge < -0.3 is 14.2 Å². The van der Waals surface area contributed by atoms with Gasteiger partial charge in [-0.25, -0.2) is 8.42 Å². The normalized spacial score (nSPS) is 15.7. The van der Waals surface area contributed by atoms with Gasteiger partial charge in [0.15, 0.2) is 11.5 Å². The number of hydrogen-bond donors (Lipinski definition) is 0. The van der Waals surface area contributed by atoms with E-state index < -0.39 is 22.5 Å². The molecule has 0 fully saturated rings. The molecule has 0 unspecified atom stereocenters. The van der Waals surface area contributed by atoms with Gasteiger partial charge in [-0.05, 0) is 35.2 Å². The van der Waals surface area contributed by atoms with Gasteiger partial charge in [-0.3, -0.25) is 9.10 Å². The number of fused-ring (bicyclic) bond motifs is 1. The molecule has 5 rings (SSSR count). The Morgan fingerprint density at radius 3 is 2.76 bits per heavy atom. The van der Waals surface area contributed by atoms with Crippen LogP contribution in [0.25, 0.3) is 10.8 Å². The third kappa shape index (κ3) is 2.87. The highest BCUT2D eigenvalue weighted by Gasteiger charge is 2.37. The Morgan fingerprint density at radius 2 is 1.93 bits per heavy atom. The molecule has 3 aromatic carbocycles. The minimum atomic E-state index is -3.82. The van der Waals surface area contributed by atoms with Crippen molar-refractivity contribution in [1.29, 1.82) is 0 Å². The quantitative estimate of drug-likeness (QED) is 0.588. The molecule has 2 aliphatic rings. The van der Waals surface area contributed by atoms with Gasteiger partial charge in [0.25, 0.3) is 10.0 Å². The molecule has 0 aliphatic carbocycles. The molecule has 0 N–H and O–H groups in total. The van der Waals surface area contributed by atoms with E-state index in [9.17, 15) is 13.2 Å². The SMILES string of the molecule is O=C(CN1c2cccc3cccc(c23)S1(=O)=O)OCc1cc(Cl)c2c(c1)OCO2. The van der Waals surface area contributed by atoms with Crippen LogP contribution in [0.5, 0.6) is 11.5 Å². The zero-order valence-corrected chi connectivity index (χ0v) is 16.5. The van der Waals surface area contributed by atoms with Crippen LogP contribution >= 0.6 is 11.6 Å². The monoisotopic (exact) mass is 431 g/mol. The summed E-state index contributed by atoms with van der Waals surface area (Å²) in [6.45, 7) is -0.411. The number of benzene rings is 3. The van der Waals surface area contributed by atoms with Crippen LogP contribution in [0, 0.1) is 0 Å². The smallest absolute Gasteiger partial charge is 0.327 e. The van der Waals surface area contributed by atoms with Crippen molar-refractivity contribution in [2.45, 2.75) is 11.5 Å². The van der Waals surface area contributed by atoms with Gasteiger partial charge in [-0.15, -0.1) is 0 Å². The largest absolute Gasteiger partial charge is 0.459 e. The molecule has 7 nitrogen and oxygen atoms in total. The van der Waals surface area contributed by atoms with E-state index in [1.54, 1.807) is 36.4 Å². The zero-order chi connectivity index (χ0) is 20.2. The van der Waals surface area contributed by atoms with E-state index in [4.69, 9.17) is 25.8 Å². The van der Waals surface area contributed by atoms with E-state index in [1.807, 2.05) is 12.1 Å². The van der Waals surface area contributed by atoms with Crippen molar-refractivity contribution >= 4 is 44.1 Å². The predicted molar refractivity (Wildman–Crippen MR) is 106 cm³/mol. The third-order valence-corrected chi connectivity index (χ3v) is 6.92. The second-order valence-electron chi connectivity index (χ2n) is 6.62. The Bertz CT molecular complexity index is 1270. The predicted octanol–water partition coefficient (Wildman–Crippen LogP) is 3.47. The van der Waals surface area contributed by atoms with Gasteiger partial charge >= 0.3 is 5.97 Å². The van der Waals surface area contributed by atoms with Crippen LogP contribution in [0.3, 0.4) is 0 Å². The van der Waals surface area contributed by atoms with E-state index >= 15 is 0 Å². The highest BCUT2D eigenvalue weighted by Crippen LogP contribution is 2.42. The van der Waals surface area contributed by atoms with Gasteiger partial charge in [-0.2, -0.15) is 0 Å². The number of carbonyl (C=O) groups is 1. The van der Waals surface area contributed by atoms with Crippen molar-refractivity contribution in [3.8, 4) is 11.5 Å². The molecule has 0 amide bonds. The maximum absolute atomic E-state index is 12.9. The average molecular weight is 432 g/mol. The fourth-order valence-electron chi connectivity index (χ4n) is 3.56. The first-order valence-electron chi connectivity index (χ1n) is 8.73. The molecule has 148 valence electrons. The summed E-state index contributed by atoms with van der Waals surface area (Å²) in [5.41, 5.74) is 1.09. The van der Waals surface area contributed by atoms with Crippen LogP contribution in [-0.2, 0) is 26.2 Å². The lowest BCUT2D eigenvalue weighted by molar-refractivity contribution is -0.143. The van der Waals surface area contributed by atoms with Gasteiger partial charge in [0.1, 0.15) is 13.2 Å². The second kappa shape index (κ2) is 6.53. The Kier molecular flexibility index (Phi) is 4.07. The zero-order valence-electron chi connectivity index (χ0n) is 14.9. The maximum Gasteiger partial charge on any atom is 0.327 e. The number of nitrogens with zero attached hydrogens (tertiary/aromatic N) is 1. The third-order valence-electron chi connectivity index (χ3n) is 4.84. The topological polar surface area (TPSA) is 82.1 Å². The number of esters is 1. The van der Waals surface area contributed by atoms with Crippen LogP contribution in [-0.4, -0.2) is 27.7 Å². The molecule has 29 heavy (non-hydrogen) atoms. The number of hydrogen-bond acceptors (Lipinski definition) is 6. The van der Waals surface area contributed by atoms with Crippen molar-refractivity contribution in [3.05, 3.63) is 59.1 Å². The molecule has 0 bridgehead atoms. The number of sulfonamides is 1. The molecule has 0 spiro atoms. The second-order valence-corrected chi connectivity index (χ2v) is 8.85. The maximum atomic E-state index is 12.9. The molecular formula is C20H14ClNO6S. The summed E-state index contributed by atoms with van der Waals surface area (Å²) in [6.07, 6.45) is 0. The lowest BCUT2D eigenvalue weighted by Crippen LogP contribution is -2.33. The Labute approximate surface area is 171 Å². The number of rotatable bonds is 4. The summed E-state index contributed by atoms with van der Waals surface area (Å²) in [5, 5.41) is 1.77. The van der Waals surface area contributed by atoms with Crippen LogP contribution in [0.2, 0.25) is 5.02 Å². The Hall–Kier alpha value is -2.97. The number of ether oxygens (including phenoxy) is 3. The summed E-state index contributed by atoms with van der Waals surface area (Å²) in [5.74, 6) is 0.260. The highest BCUT2D eigenvalue weighted by molar-refractivity contribution is 7.93. The molecule has 3 aromatic rings. The molecular weight excluding hydrogens is 418 g/mol. The van der Waals surface area contributed by atoms with E-state index in [-0.39, 0.29) is 18.3 Å². The first kappa shape index (κ1) is 18.1. The van der Waals surface area contributed by atoms with Crippen molar-refractivity contribution in [2.75, 3.05) is 17.6 Å². The fourth-order valence-corrected chi connectivity index (χ4v) is 5.50. The lowest BCUT2D eigenvalue weighted by atomic mass is 10.1. The molecule has 0 atom stereocenters. The van der Waals surface area contributed by atoms with E-state index in [0.717, 1.165) is 9.69 Å². The summed E-state index contributed by atoms with van der Waals surface area (Å²) < 4.78 is 42.8. The highest BCUT2D eigenvalue weighted by atomic mass is 35.5. The van der Waals surface area contributed by atoms with E-state index in [2.05, 4.69) is 0 Å². The first-order chi connectivity index (χ1) is 13.9. The van der Waals surface area contributed by atoms with E-state index in [0.29, 0.717) is 33.2 Å². The molecule has 0 saturated carbocycles. The van der Waals surface area contributed by atoms with Gasteiger partial charge in [0.2, 0.25) is 6.79 Å². The van der Waals surface area contributed by atoms with Crippen molar-refractivity contribution in [1.82, 2.24) is 0 Å². The van der Waals surface area contributed by atoms with Gasteiger partial charge in [-0.1, -0.05) is 35.9 Å². The number of halogens is 1. The van der Waals surface area contributed by atoms with Crippen molar-refractivity contribution in [2.24, 2.45) is 0 Å². The van der Waals surface area contributed by atoms with Gasteiger partial charge in [0, 0.05) is 5.39 Å². The van der Waals surface area contributed by atoms with Crippen molar-refractivity contribution < 1.29 is 27.4 Å². The fraction of sp³-hybridized carbons (Fsp3) is 0.150. The van der Waals surface area contributed by atoms with Gasteiger partial charge in [0.05, 0.1) is 15.6 Å². The molecule has 0 aromatic heterocycles. The van der Waals surface area contributed by atoms with Crippen LogP contribution in [0.4, 0.5) is 5.69 Å². The first-order valence-corrected chi connectivity index (χ1v) is 10.5. The molecule has 0 saturated heterocycles. The minimum Gasteiger partial charge on any atom is -0.459 e. The average Bonchev–Trinajstić information content (AvgIpc) is 3.26. The Balaban J connectivity index is 1.36. The van der Waals surface area contributed by atoms with E-state index in [1.165, 1.54) is 0 Å². The standard InChI is InChI=1S/C20H14ClNO6S/c21-14-7-12(8-16-20(14)28-11-27-16)10-26-18(23)9-22-15-5-1-3-13-4-2-6-17(19(13)15)29(22,24)25/h1-8H,9-11H2. The molecule has 2 heterocycles. The number of anilines is 1. The van der Waals surface area contributed by atoms with Crippen molar-refractivity contribution in [3.63, 3.8) is 0 Å².